The number of esters is 1. The molecule has 3 rings (SSSR count). The number of nitro benzene ring substituents is 1. The number of benzene rings is 2. The zero-order chi connectivity index (χ0) is 25.5. The van der Waals surface area contributed by atoms with Gasteiger partial charge in [-0.15, -0.1) is 0 Å². The number of nitrogens with zero attached hydrogens (tertiary/aromatic N) is 2. The largest absolute Gasteiger partial charge is 0.494 e. The summed E-state index contributed by atoms with van der Waals surface area (Å²) < 4.78 is 21.7. The highest BCUT2D eigenvalue weighted by atomic mass is 127. The monoisotopic (exact) mass is 613 g/mol. The van der Waals surface area contributed by atoms with Gasteiger partial charge in [-0.3, -0.25) is 14.9 Å². The molecule has 1 heterocycles. The summed E-state index contributed by atoms with van der Waals surface area (Å²) in [6.07, 6.45) is 1.67. The summed E-state index contributed by atoms with van der Waals surface area (Å²) in [5.41, 5.74) is 0.880. The number of aliphatic imine (C=N–C) groups is 1. The molecule has 0 spiro atoms. The maximum Gasteiger partial charge on any atom is 0.343 e. The van der Waals surface area contributed by atoms with Crippen LogP contribution in [0.2, 0.25) is 0 Å². The third kappa shape index (κ3) is 6.63. The number of ether oxygens (including phenoxy) is 4. The first-order valence-electron chi connectivity index (χ1n) is 10.0. The van der Waals surface area contributed by atoms with E-state index in [-0.39, 0.29) is 24.0 Å². The van der Waals surface area contributed by atoms with E-state index in [9.17, 15) is 19.7 Å². The lowest BCUT2D eigenvalue weighted by Gasteiger charge is -2.14. The first-order chi connectivity index (χ1) is 16.7. The lowest BCUT2D eigenvalue weighted by molar-refractivity contribution is -0.384. The molecule has 1 saturated heterocycles. The predicted molar refractivity (Wildman–Crippen MR) is 138 cm³/mol. The van der Waals surface area contributed by atoms with Crippen molar-refractivity contribution in [1.82, 2.24) is 5.32 Å². The number of non-ortho nitro benzene ring substituents is 1. The molecule has 13 heteroatoms. The number of hydrogen-bond donors (Lipinski definition) is 1. The Hall–Kier alpha value is -3.33. The Morgan fingerprint density at radius 3 is 2.66 bits per heavy atom. The Labute approximate surface area is 218 Å². The summed E-state index contributed by atoms with van der Waals surface area (Å²) in [6, 6.07) is 7.50. The quantitative estimate of drug-likeness (QED) is 0.146. The molecule has 184 valence electrons. The summed E-state index contributed by atoms with van der Waals surface area (Å²) in [4.78, 5) is 39.2. The van der Waals surface area contributed by atoms with Crippen molar-refractivity contribution in [3.8, 4) is 17.2 Å². The van der Waals surface area contributed by atoms with Gasteiger partial charge in [-0.05, 0) is 71.1 Å². The van der Waals surface area contributed by atoms with Crippen LogP contribution in [0.1, 0.15) is 12.5 Å². The standard InChI is InChI=1S/C22H20IN3O8S/c1-4-33-17-8-12(7-14(23)20(17)34-11-19(27)32-3)9-18-21(28)25-22(35-18)24-15-6-5-13(26(29)30)10-16(15)31-2/h5-10H,4,11H2,1-3H3,(H,24,25,28). The number of carbonyl (C=O) groups is 2. The fourth-order valence-corrected chi connectivity index (χ4v) is 4.49. The van der Waals surface area contributed by atoms with Gasteiger partial charge in [0.15, 0.2) is 29.0 Å². The first-order valence-corrected chi connectivity index (χ1v) is 11.9. The fourth-order valence-electron chi connectivity index (χ4n) is 2.88. The number of amides is 1. The summed E-state index contributed by atoms with van der Waals surface area (Å²) in [6.45, 7) is 1.92. The van der Waals surface area contributed by atoms with E-state index in [0.717, 1.165) is 11.8 Å². The Kier molecular flexibility index (Phi) is 8.92. The van der Waals surface area contributed by atoms with E-state index >= 15 is 0 Å². The van der Waals surface area contributed by atoms with Crippen molar-refractivity contribution in [3.05, 3.63) is 54.5 Å². The normalized spacial score (nSPS) is 15.1. The molecule has 0 radical (unpaired) electrons. The van der Waals surface area contributed by atoms with E-state index in [1.165, 1.54) is 32.4 Å². The second-order valence-electron chi connectivity index (χ2n) is 6.72. The zero-order valence-corrected chi connectivity index (χ0v) is 21.8. The van der Waals surface area contributed by atoms with E-state index in [1.807, 2.05) is 6.92 Å². The highest BCUT2D eigenvalue weighted by Gasteiger charge is 2.25. The molecule has 0 bridgehead atoms. The lowest BCUT2D eigenvalue weighted by atomic mass is 10.2. The Morgan fingerprint density at radius 1 is 1.23 bits per heavy atom. The Morgan fingerprint density at radius 2 is 2.00 bits per heavy atom. The molecular formula is C22H20IN3O8S. The van der Waals surface area contributed by atoms with Gasteiger partial charge in [0.1, 0.15) is 5.69 Å². The first kappa shape index (κ1) is 26.3. The van der Waals surface area contributed by atoms with Gasteiger partial charge in [0.2, 0.25) is 0 Å². The number of carbonyl (C=O) groups excluding carboxylic acids is 2. The van der Waals surface area contributed by atoms with Crippen LogP contribution in [-0.4, -0.2) is 49.4 Å². The number of rotatable bonds is 9. The van der Waals surface area contributed by atoms with Gasteiger partial charge < -0.3 is 24.3 Å². The summed E-state index contributed by atoms with van der Waals surface area (Å²) in [5.74, 6) is 0.148. The van der Waals surface area contributed by atoms with Crippen molar-refractivity contribution in [1.29, 1.82) is 0 Å². The van der Waals surface area contributed by atoms with E-state index < -0.39 is 10.9 Å². The van der Waals surface area contributed by atoms with E-state index in [2.05, 4.69) is 37.6 Å². The number of nitrogens with one attached hydrogen (secondary N) is 1. The van der Waals surface area contributed by atoms with Crippen LogP contribution in [0.15, 0.2) is 40.2 Å². The molecule has 2 aromatic rings. The van der Waals surface area contributed by atoms with Gasteiger partial charge in [-0.25, -0.2) is 9.79 Å². The second-order valence-corrected chi connectivity index (χ2v) is 8.92. The summed E-state index contributed by atoms with van der Waals surface area (Å²) >= 11 is 3.17. The van der Waals surface area contributed by atoms with Gasteiger partial charge in [0, 0.05) is 6.07 Å². The molecule has 1 N–H and O–H groups in total. The number of thioether (sulfide) groups is 1. The van der Waals surface area contributed by atoms with Crippen molar-refractivity contribution >= 4 is 68.8 Å². The average molecular weight is 613 g/mol. The minimum absolute atomic E-state index is 0.131. The van der Waals surface area contributed by atoms with Crippen LogP contribution < -0.4 is 19.5 Å². The third-order valence-corrected chi connectivity index (χ3v) is 6.15. The smallest absolute Gasteiger partial charge is 0.343 e. The molecule has 1 fully saturated rings. The maximum absolute atomic E-state index is 12.5. The number of nitro groups is 1. The number of hydrogen-bond acceptors (Lipinski definition) is 10. The van der Waals surface area contributed by atoms with Gasteiger partial charge >= 0.3 is 5.97 Å². The molecule has 1 aliphatic heterocycles. The number of methoxy groups -OCH3 is 2. The van der Waals surface area contributed by atoms with Crippen LogP contribution >= 0.6 is 34.4 Å². The lowest BCUT2D eigenvalue weighted by Crippen LogP contribution is -2.19. The summed E-state index contributed by atoms with van der Waals surface area (Å²) in [5, 5.41) is 14.0. The molecule has 35 heavy (non-hydrogen) atoms. The molecule has 0 unspecified atom stereocenters. The predicted octanol–water partition coefficient (Wildman–Crippen LogP) is 4.05. The van der Waals surface area contributed by atoms with Crippen LogP contribution in [0.4, 0.5) is 11.4 Å². The minimum atomic E-state index is -0.532. The zero-order valence-electron chi connectivity index (χ0n) is 18.8. The number of amidine groups is 1. The molecule has 1 aliphatic rings. The van der Waals surface area contributed by atoms with Crippen molar-refractivity contribution in [2.45, 2.75) is 6.92 Å². The summed E-state index contributed by atoms with van der Waals surface area (Å²) in [7, 11) is 2.65. The molecule has 1 amide bonds. The molecule has 0 atom stereocenters. The topological polar surface area (TPSA) is 139 Å². The van der Waals surface area contributed by atoms with Crippen molar-refractivity contribution in [3.63, 3.8) is 0 Å². The van der Waals surface area contributed by atoms with E-state index in [0.29, 0.717) is 43.0 Å². The second kappa shape index (κ2) is 11.9. The van der Waals surface area contributed by atoms with Gasteiger partial charge in [0.25, 0.3) is 11.6 Å². The molecular weight excluding hydrogens is 593 g/mol. The van der Waals surface area contributed by atoms with Crippen LogP contribution in [-0.2, 0) is 14.3 Å². The van der Waals surface area contributed by atoms with Gasteiger partial charge in [0.05, 0.1) is 40.3 Å². The highest BCUT2D eigenvalue weighted by Crippen LogP contribution is 2.37. The molecule has 0 saturated carbocycles. The molecule has 0 aromatic heterocycles. The maximum atomic E-state index is 12.5. The van der Waals surface area contributed by atoms with Crippen LogP contribution in [0.5, 0.6) is 17.2 Å². The third-order valence-electron chi connectivity index (χ3n) is 4.44. The van der Waals surface area contributed by atoms with Gasteiger partial charge in [-0.1, -0.05) is 0 Å². The molecule has 11 nitrogen and oxygen atoms in total. The van der Waals surface area contributed by atoms with Crippen LogP contribution in [0.3, 0.4) is 0 Å². The Bertz CT molecular complexity index is 1230. The van der Waals surface area contributed by atoms with Crippen molar-refractivity contribution in [2.75, 3.05) is 27.4 Å². The molecule has 0 aliphatic carbocycles. The highest BCUT2D eigenvalue weighted by molar-refractivity contribution is 14.1. The van der Waals surface area contributed by atoms with Crippen LogP contribution in [0, 0.1) is 13.7 Å². The fraction of sp³-hybridized carbons (Fsp3) is 0.227. The minimum Gasteiger partial charge on any atom is -0.494 e. The molecule has 2 aromatic carbocycles. The van der Waals surface area contributed by atoms with E-state index in [1.54, 1.807) is 18.2 Å². The van der Waals surface area contributed by atoms with Gasteiger partial charge in [-0.2, -0.15) is 0 Å². The van der Waals surface area contributed by atoms with Crippen molar-refractivity contribution < 1.29 is 33.5 Å². The van der Waals surface area contributed by atoms with E-state index in [4.69, 9.17) is 14.2 Å². The number of halogens is 1. The Balaban J connectivity index is 1.87. The van der Waals surface area contributed by atoms with Crippen LogP contribution in [0.25, 0.3) is 6.08 Å². The SMILES string of the molecule is CCOc1cc(C=C2SC(=Nc3ccc([N+](=O)[O-])cc3OC)NC2=O)cc(I)c1OCC(=O)OC. The van der Waals surface area contributed by atoms with Crippen molar-refractivity contribution in [2.24, 2.45) is 4.99 Å². The average Bonchev–Trinajstić information content (AvgIpc) is 3.16.